The Morgan fingerprint density at radius 2 is 2.11 bits per heavy atom. The number of carbonyl (C=O) groups excluding carboxylic acids is 1. The molecule has 1 aromatic carbocycles. The number of ether oxygens (including phenoxy) is 1. The van der Waals surface area contributed by atoms with Crippen molar-refractivity contribution in [1.29, 1.82) is 0 Å². The number of hydrogen-bond donors (Lipinski definition) is 1. The molecule has 8 nitrogen and oxygen atoms in total. The summed E-state index contributed by atoms with van der Waals surface area (Å²) in [5, 5.41) is 14.0. The molecule has 144 valence electrons. The molecule has 2 heterocycles. The number of benzene rings is 1. The van der Waals surface area contributed by atoms with Crippen molar-refractivity contribution in [2.24, 2.45) is 0 Å². The van der Waals surface area contributed by atoms with Gasteiger partial charge in [-0.25, -0.2) is 0 Å². The number of nitro groups is 1. The maximum Gasteiger partial charge on any atom is 0.311 e. The van der Waals surface area contributed by atoms with E-state index in [2.05, 4.69) is 10.2 Å². The van der Waals surface area contributed by atoms with Gasteiger partial charge < -0.3 is 14.5 Å². The first kappa shape index (κ1) is 18.9. The summed E-state index contributed by atoms with van der Waals surface area (Å²) >= 11 is 0. The molecule has 1 unspecified atom stereocenters. The van der Waals surface area contributed by atoms with Crippen molar-refractivity contribution in [2.75, 3.05) is 26.7 Å². The van der Waals surface area contributed by atoms with Gasteiger partial charge in [-0.2, -0.15) is 0 Å². The van der Waals surface area contributed by atoms with Gasteiger partial charge in [0, 0.05) is 18.2 Å². The summed E-state index contributed by atoms with van der Waals surface area (Å²) in [6, 6.07) is 7.87. The van der Waals surface area contributed by atoms with Crippen LogP contribution in [0.5, 0.6) is 5.75 Å². The molecule has 1 aliphatic rings. The molecule has 1 N–H and O–H groups in total. The lowest BCUT2D eigenvalue weighted by molar-refractivity contribution is -0.385. The van der Waals surface area contributed by atoms with Gasteiger partial charge in [0.25, 0.3) is 5.91 Å². The average molecular weight is 373 g/mol. The van der Waals surface area contributed by atoms with Crippen LogP contribution in [0.3, 0.4) is 0 Å². The molecule has 1 aliphatic heterocycles. The first-order valence-electron chi connectivity index (χ1n) is 8.98. The second-order valence-electron chi connectivity index (χ2n) is 6.48. The van der Waals surface area contributed by atoms with Gasteiger partial charge >= 0.3 is 5.69 Å². The number of amides is 1. The largest absolute Gasteiger partial charge is 0.490 e. The molecule has 0 bridgehead atoms. The van der Waals surface area contributed by atoms with Crippen molar-refractivity contribution in [3.63, 3.8) is 0 Å². The molecule has 0 saturated carbocycles. The fourth-order valence-electron chi connectivity index (χ4n) is 3.39. The second kappa shape index (κ2) is 8.68. The Morgan fingerprint density at radius 3 is 2.74 bits per heavy atom. The Labute approximate surface area is 157 Å². The molecular weight excluding hydrogens is 350 g/mol. The monoisotopic (exact) mass is 373 g/mol. The quantitative estimate of drug-likeness (QED) is 0.591. The Kier molecular flexibility index (Phi) is 6.08. The molecule has 27 heavy (non-hydrogen) atoms. The van der Waals surface area contributed by atoms with Crippen molar-refractivity contribution in [1.82, 2.24) is 10.2 Å². The van der Waals surface area contributed by atoms with Gasteiger partial charge in [-0.1, -0.05) is 6.42 Å². The maximum atomic E-state index is 12.6. The van der Waals surface area contributed by atoms with Gasteiger partial charge in [-0.15, -0.1) is 0 Å². The van der Waals surface area contributed by atoms with Crippen molar-refractivity contribution in [3.05, 3.63) is 58.0 Å². The molecule has 8 heteroatoms. The number of piperidine rings is 1. The predicted molar refractivity (Wildman–Crippen MR) is 98.9 cm³/mol. The fourth-order valence-corrected chi connectivity index (χ4v) is 3.39. The summed E-state index contributed by atoms with van der Waals surface area (Å²) < 4.78 is 10.5. The summed E-state index contributed by atoms with van der Waals surface area (Å²) in [4.78, 5) is 25.5. The lowest BCUT2D eigenvalue weighted by Crippen LogP contribution is -2.40. The molecule has 1 saturated heterocycles. The van der Waals surface area contributed by atoms with Gasteiger partial charge in [0.1, 0.15) is 5.76 Å². The van der Waals surface area contributed by atoms with Crippen molar-refractivity contribution in [3.8, 4) is 5.75 Å². The van der Waals surface area contributed by atoms with Gasteiger partial charge in [0.05, 0.1) is 24.3 Å². The Balaban J connectivity index is 1.72. The van der Waals surface area contributed by atoms with Crippen molar-refractivity contribution in [2.45, 2.75) is 25.3 Å². The van der Waals surface area contributed by atoms with E-state index in [1.54, 1.807) is 6.26 Å². The zero-order valence-corrected chi connectivity index (χ0v) is 15.2. The highest BCUT2D eigenvalue weighted by atomic mass is 16.6. The van der Waals surface area contributed by atoms with Crippen LogP contribution in [0.2, 0.25) is 0 Å². The highest BCUT2D eigenvalue weighted by molar-refractivity contribution is 5.95. The fraction of sp³-hybridized carbons (Fsp3) is 0.421. The zero-order chi connectivity index (χ0) is 19.2. The number of rotatable bonds is 7. The van der Waals surface area contributed by atoms with E-state index in [1.165, 1.54) is 31.7 Å². The number of likely N-dealkylation sites (tertiary alicyclic amines) is 1. The van der Waals surface area contributed by atoms with Crippen molar-refractivity contribution < 1.29 is 18.9 Å². The number of nitrogens with one attached hydrogen (secondary N) is 1. The summed E-state index contributed by atoms with van der Waals surface area (Å²) in [6.45, 7) is 2.27. The number of furan rings is 1. The Bertz CT molecular complexity index is 785. The van der Waals surface area contributed by atoms with E-state index in [1.807, 2.05) is 12.1 Å². The molecule has 1 fully saturated rings. The summed E-state index contributed by atoms with van der Waals surface area (Å²) in [6.07, 6.45) is 5.08. The van der Waals surface area contributed by atoms with E-state index in [0.29, 0.717) is 6.54 Å². The first-order chi connectivity index (χ1) is 13.1. The maximum absolute atomic E-state index is 12.6. The van der Waals surface area contributed by atoms with Crippen LogP contribution in [0, 0.1) is 10.1 Å². The molecule has 3 rings (SSSR count). The van der Waals surface area contributed by atoms with Gasteiger partial charge in [-0.3, -0.25) is 19.8 Å². The lowest BCUT2D eigenvalue weighted by atomic mass is 10.1. The summed E-state index contributed by atoms with van der Waals surface area (Å²) in [7, 11) is 1.36. The third kappa shape index (κ3) is 4.46. The van der Waals surface area contributed by atoms with E-state index < -0.39 is 4.92 Å². The van der Waals surface area contributed by atoms with Crippen molar-refractivity contribution >= 4 is 11.6 Å². The number of carbonyl (C=O) groups is 1. The van der Waals surface area contributed by atoms with E-state index in [-0.39, 0.29) is 28.9 Å². The first-order valence-corrected chi connectivity index (χ1v) is 8.98. The minimum absolute atomic E-state index is 0.0579. The summed E-state index contributed by atoms with van der Waals surface area (Å²) in [5.74, 6) is 0.561. The molecule has 0 spiro atoms. The number of methoxy groups -OCH3 is 1. The highest BCUT2D eigenvalue weighted by Crippen LogP contribution is 2.28. The molecule has 1 atom stereocenters. The summed E-state index contributed by atoms with van der Waals surface area (Å²) in [5.41, 5.74) is -0.0110. The van der Waals surface area contributed by atoms with Crippen LogP contribution >= 0.6 is 0 Å². The number of hydrogen-bond acceptors (Lipinski definition) is 6. The zero-order valence-electron chi connectivity index (χ0n) is 15.2. The lowest BCUT2D eigenvalue weighted by Gasteiger charge is -2.33. The number of nitro benzene ring substituents is 1. The average Bonchev–Trinajstić information content (AvgIpc) is 3.22. The third-order valence-electron chi connectivity index (χ3n) is 4.80. The Hall–Kier alpha value is -2.87. The van der Waals surface area contributed by atoms with Crippen LogP contribution in [0.15, 0.2) is 41.0 Å². The smallest absolute Gasteiger partial charge is 0.311 e. The minimum atomic E-state index is -0.561. The highest BCUT2D eigenvalue weighted by Gasteiger charge is 2.25. The van der Waals surface area contributed by atoms with E-state index in [4.69, 9.17) is 9.15 Å². The van der Waals surface area contributed by atoms with E-state index in [9.17, 15) is 14.9 Å². The molecule has 1 amide bonds. The van der Waals surface area contributed by atoms with E-state index in [0.717, 1.165) is 31.7 Å². The topological polar surface area (TPSA) is 97.8 Å². The van der Waals surface area contributed by atoms with Crippen LogP contribution in [-0.2, 0) is 0 Å². The third-order valence-corrected chi connectivity index (χ3v) is 4.80. The molecule has 1 aromatic heterocycles. The van der Waals surface area contributed by atoms with Gasteiger partial charge in [0.2, 0.25) is 0 Å². The normalized spacial score (nSPS) is 15.9. The van der Waals surface area contributed by atoms with Crippen LogP contribution < -0.4 is 10.1 Å². The standard InChI is InChI=1S/C19H23N3O5/c1-26-17-8-7-14(12-15(17)22(24)25)19(23)20-13-16(18-6-5-11-27-18)21-9-3-2-4-10-21/h5-8,11-12,16H,2-4,9-10,13H2,1H3,(H,20,23). The molecule has 2 aromatic rings. The molecule has 0 aliphatic carbocycles. The Morgan fingerprint density at radius 1 is 1.33 bits per heavy atom. The molecular formula is C19H23N3O5. The second-order valence-corrected chi connectivity index (χ2v) is 6.48. The van der Waals surface area contributed by atoms with Crippen LogP contribution in [0.4, 0.5) is 5.69 Å². The van der Waals surface area contributed by atoms with Crippen LogP contribution in [0.1, 0.15) is 41.4 Å². The minimum Gasteiger partial charge on any atom is -0.490 e. The van der Waals surface area contributed by atoms with Gasteiger partial charge in [-0.05, 0) is 50.2 Å². The SMILES string of the molecule is COc1ccc(C(=O)NCC(c2ccco2)N2CCCCC2)cc1[N+](=O)[O-]. The number of nitrogens with zero attached hydrogens (tertiary/aromatic N) is 2. The van der Waals surface area contributed by atoms with E-state index >= 15 is 0 Å². The molecule has 0 radical (unpaired) electrons. The van der Waals surface area contributed by atoms with Gasteiger partial charge in [0.15, 0.2) is 5.75 Å². The van der Waals surface area contributed by atoms with Crippen LogP contribution in [0.25, 0.3) is 0 Å². The predicted octanol–water partition coefficient (Wildman–Crippen LogP) is 3.15. The van der Waals surface area contributed by atoms with Crippen LogP contribution in [-0.4, -0.2) is 42.5 Å².